The van der Waals surface area contributed by atoms with Crippen molar-refractivity contribution in [1.29, 1.82) is 0 Å². The number of aromatic nitrogens is 3. The molecule has 0 fully saturated rings. The first-order valence-corrected chi connectivity index (χ1v) is 8.81. The Bertz CT molecular complexity index is 773. The van der Waals surface area contributed by atoms with Crippen molar-refractivity contribution in [2.24, 2.45) is 0 Å². The van der Waals surface area contributed by atoms with Gasteiger partial charge in [0.05, 0.1) is 6.42 Å². The van der Waals surface area contributed by atoms with Crippen LogP contribution in [0.3, 0.4) is 0 Å². The molecule has 0 radical (unpaired) electrons. The molecule has 1 aromatic carbocycles. The molecular formula is C18H22N4O3. The number of amides is 1. The molecule has 0 saturated heterocycles. The first-order chi connectivity index (χ1) is 12.2. The van der Waals surface area contributed by atoms with Crippen LogP contribution >= 0.6 is 0 Å². The predicted molar refractivity (Wildman–Crippen MR) is 90.8 cm³/mol. The van der Waals surface area contributed by atoms with E-state index in [-0.39, 0.29) is 11.9 Å². The van der Waals surface area contributed by atoms with Gasteiger partial charge in [0.15, 0.2) is 11.5 Å². The minimum Gasteiger partial charge on any atom is -0.486 e. The molecule has 0 bridgehead atoms. The molecule has 1 amide bonds. The lowest BCUT2D eigenvalue weighted by Gasteiger charge is -2.25. The van der Waals surface area contributed by atoms with Crippen LogP contribution in [-0.2, 0) is 30.6 Å². The molecule has 0 spiro atoms. The number of rotatable bonds is 4. The molecule has 0 aliphatic carbocycles. The van der Waals surface area contributed by atoms with Gasteiger partial charge in [-0.2, -0.15) is 0 Å². The summed E-state index contributed by atoms with van der Waals surface area (Å²) in [7, 11) is 0. The topological polar surface area (TPSA) is 78.3 Å². The molecule has 1 aromatic heterocycles. The molecule has 2 aliphatic rings. The highest BCUT2D eigenvalue weighted by Gasteiger charge is 2.23. The number of fused-ring (bicyclic) bond motifs is 2. The van der Waals surface area contributed by atoms with E-state index in [2.05, 4.69) is 27.0 Å². The van der Waals surface area contributed by atoms with E-state index >= 15 is 0 Å². The van der Waals surface area contributed by atoms with Crippen molar-refractivity contribution in [2.45, 2.75) is 45.2 Å². The Labute approximate surface area is 146 Å². The van der Waals surface area contributed by atoms with Crippen molar-refractivity contribution >= 4 is 5.91 Å². The quantitative estimate of drug-likeness (QED) is 0.906. The lowest BCUT2D eigenvalue weighted by molar-refractivity contribution is -0.121. The van der Waals surface area contributed by atoms with Crippen LogP contribution in [0.4, 0.5) is 0 Å². The Morgan fingerprint density at radius 2 is 2.12 bits per heavy atom. The van der Waals surface area contributed by atoms with E-state index in [0.717, 1.165) is 54.5 Å². The molecule has 7 heteroatoms. The fourth-order valence-electron chi connectivity index (χ4n) is 3.42. The summed E-state index contributed by atoms with van der Waals surface area (Å²) in [5.74, 6) is 3.50. The van der Waals surface area contributed by atoms with Gasteiger partial charge in [0, 0.05) is 25.4 Å². The van der Waals surface area contributed by atoms with Crippen LogP contribution in [-0.4, -0.2) is 39.9 Å². The minimum absolute atomic E-state index is 0.0243. The average molecular weight is 342 g/mol. The number of aryl methyl sites for hydroxylation is 2. The van der Waals surface area contributed by atoms with E-state index in [1.165, 1.54) is 0 Å². The third kappa shape index (κ3) is 3.31. The Hall–Kier alpha value is -2.57. The van der Waals surface area contributed by atoms with E-state index in [4.69, 9.17) is 9.47 Å². The van der Waals surface area contributed by atoms with Gasteiger partial charge in [-0.05, 0) is 24.1 Å². The molecule has 1 atom stereocenters. The summed E-state index contributed by atoms with van der Waals surface area (Å²) in [4.78, 5) is 12.4. The van der Waals surface area contributed by atoms with Gasteiger partial charge in [-0.25, -0.2) is 0 Å². The normalized spacial score (nSPS) is 18.5. The summed E-state index contributed by atoms with van der Waals surface area (Å²) in [5, 5.41) is 11.6. The van der Waals surface area contributed by atoms with Crippen molar-refractivity contribution in [1.82, 2.24) is 20.1 Å². The fourth-order valence-corrected chi connectivity index (χ4v) is 3.42. The highest BCUT2D eigenvalue weighted by atomic mass is 16.6. The van der Waals surface area contributed by atoms with Gasteiger partial charge < -0.3 is 19.4 Å². The molecule has 2 aromatic rings. The third-order valence-electron chi connectivity index (χ3n) is 4.68. The second-order valence-corrected chi connectivity index (χ2v) is 6.45. The zero-order valence-electron chi connectivity index (χ0n) is 14.3. The van der Waals surface area contributed by atoms with Crippen LogP contribution in [0.5, 0.6) is 11.5 Å². The Morgan fingerprint density at radius 1 is 1.28 bits per heavy atom. The van der Waals surface area contributed by atoms with Crippen LogP contribution < -0.4 is 14.8 Å². The molecule has 3 heterocycles. The number of nitrogens with zero attached hydrogens (tertiary/aromatic N) is 3. The van der Waals surface area contributed by atoms with Gasteiger partial charge in [0.25, 0.3) is 0 Å². The standard InChI is InChI=1S/C18H22N4O3/c1-2-16-20-21-17-6-4-13(11-22(16)17)19-18(23)10-12-3-5-14-15(9-12)25-8-7-24-14/h3,5,9,13H,2,4,6-8,10-11H2,1H3,(H,19,23)/t13-/m0/s1. The van der Waals surface area contributed by atoms with Gasteiger partial charge in [-0.15, -0.1) is 10.2 Å². The lowest BCUT2D eigenvalue weighted by Crippen LogP contribution is -2.42. The summed E-state index contributed by atoms with van der Waals surface area (Å²) in [5.41, 5.74) is 0.928. The average Bonchev–Trinajstić information content (AvgIpc) is 3.04. The number of hydrogen-bond donors (Lipinski definition) is 1. The molecule has 0 saturated carbocycles. The minimum atomic E-state index is 0.0243. The number of carbonyl (C=O) groups excluding carboxylic acids is 1. The first kappa shape index (κ1) is 15.9. The SMILES string of the molecule is CCc1nnc2n1C[C@@H](NC(=O)Cc1ccc3c(c1)OCCO3)CC2. The van der Waals surface area contributed by atoms with Crippen molar-refractivity contribution < 1.29 is 14.3 Å². The lowest BCUT2D eigenvalue weighted by atomic mass is 10.1. The van der Waals surface area contributed by atoms with Crippen LogP contribution in [0.15, 0.2) is 18.2 Å². The highest BCUT2D eigenvalue weighted by Crippen LogP contribution is 2.30. The molecular weight excluding hydrogens is 320 g/mol. The highest BCUT2D eigenvalue weighted by molar-refractivity contribution is 5.79. The smallest absolute Gasteiger partial charge is 0.224 e. The van der Waals surface area contributed by atoms with Crippen LogP contribution in [0.25, 0.3) is 0 Å². The van der Waals surface area contributed by atoms with E-state index in [0.29, 0.717) is 19.6 Å². The summed E-state index contributed by atoms with van der Waals surface area (Å²) in [6.45, 7) is 3.94. The first-order valence-electron chi connectivity index (χ1n) is 8.81. The van der Waals surface area contributed by atoms with Gasteiger partial charge >= 0.3 is 0 Å². The molecule has 7 nitrogen and oxygen atoms in total. The van der Waals surface area contributed by atoms with Crippen molar-refractivity contribution in [3.63, 3.8) is 0 Å². The number of ether oxygens (including phenoxy) is 2. The van der Waals surface area contributed by atoms with Crippen molar-refractivity contribution in [3.8, 4) is 11.5 Å². The number of carbonyl (C=O) groups is 1. The monoisotopic (exact) mass is 342 g/mol. The molecule has 25 heavy (non-hydrogen) atoms. The van der Waals surface area contributed by atoms with E-state index in [1.54, 1.807) is 0 Å². The molecule has 4 rings (SSSR count). The van der Waals surface area contributed by atoms with Crippen LogP contribution in [0, 0.1) is 0 Å². The summed E-state index contributed by atoms with van der Waals surface area (Å²) >= 11 is 0. The summed E-state index contributed by atoms with van der Waals surface area (Å²) < 4.78 is 13.2. The van der Waals surface area contributed by atoms with Crippen molar-refractivity contribution in [3.05, 3.63) is 35.4 Å². The fraction of sp³-hybridized carbons (Fsp3) is 0.500. The Morgan fingerprint density at radius 3 is 2.96 bits per heavy atom. The zero-order valence-corrected chi connectivity index (χ0v) is 14.3. The molecule has 132 valence electrons. The maximum atomic E-state index is 12.4. The number of nitrogens with one attached hydrogen (secondary N) is 1. The second-order valence-electron chi connectivity index (χ2n) is 6.45. The molecule has 0 unspecified atom stereocenters. The van der Waals surface area contributed by atoms with E-state index in [1.807, 2.05) is 18.2 Å². The Balaban J connectivity index is 1.38. The van der Waals surface area contributed by atoms with Gasteiger partial charge in [-0.3, -0.25) is 4.79 Å². The maximum absolute atomic E-state index is 12.4. The number of benzene rings is 1. The predicted octanol–water partition coefficient (Wildman–Crippen LogP) is 1.29. The molecule has 1 N–H and O–H groups in total. The largest absolute Gasteiger partial charge is 0.486 e. The van der Waals surface area contributed by atoms with E-state index < -0.39 is 0 Å². The van der Waals surface area contributed by atoms with Crippen LogP contribution in [0.1, 0.15) is 30.6 Å². The van der Waals surface area contributed by atoms with Crippen LogP contribution in [0.2, 0.25) is 0 Å². The second kappa shape index (κ2) is 6.74. The summed E-state index contributed by atoms with van der Waals surface area (Å²) in [6, 6.07) is 5.80. The van der Waals surface area contributed by atoms with Gasteiger partial charge in [-0.1, -0.05) is 13.0 Å². The molecule has 2 aliphatic heterocycles. The van der Waals surface area contributed by atoms with Crippen molar-refractivity contribution in [2.75, 3.05) is 13.2 Å². The van der Waals surface area contributed by atoms with E-state index in [9.17, 15) is 4.79 Å². The van der Waals surface area contributed by atoms with Gasteiger partial charge in [0.1, 0.15) is 24.9 Å². The number of hydrogen-bond acceptors (Lipinski definition) is 5. The zero-order chi connectivity index (χ0) is 17.2. The third-order valence-corrected chi connectivity index (χ3v) is 4.68. The maximum Gasteiger partial charge on any atom is 0.224 e. The van der Waals surface area contributed by atoms with Gasteiger partial charge in [0.2, 0.25) is 5.91 Å². The Kier molecular flexibility index (Phi) is 4.29. The summed E-state index contributed by atoms with van der Waals surface area (Å²) in [6.07, 6.45) is 2.93.